The standard InChI is InChI=1S/C16H26N4O5S/c1-16(2,3)17-26(24,25)13-4-5-14(15(12-13)20(22)23)19-8-6-18(7-9-19)10-11-21/h4-5,12,17,21H,6-11H2,1-3H3. The van der Waals surface area contributed by atoms with Crippen LogP contribution in [0.2, 0.25) is 0 Å². The Morgan fingerprint density at radius 1 is 1.23 bits per heavy atom. The van der Waals surface area contributed by atoms with Crippen LogP contribution in [-0.2, 0) is 10.0 Å². The number of sulfonamides is 1. The first-order valence-corrected chi connectivity index (χ1v) is 9.92. The highest BCUT2D eigenvalue weighted by molar-refractivity contribution is 7.89. The van der Waals surface area contributed by atoms with Crippen LogP contribution in [0.15, 0.2) is 23.1 Å². The van der Waals surface area contributed by atoms with Crippen LogP contribution in [0.1, 0.15) is 20.8 Å². The Kier molecular flexibility index (Phi) is 6.22. The SMILES string of the molecule is CC(C)(C)NS(=O)(=O)c1ccc(N2CCN(CCO)CC2)c([N+](=O)[O-])c1. The quantitative estimate of drug-likeness (QED) is 0.548. The molecule has 0 aliphatic carbocycles. The maximum Gasteiger partial charge on any atom is 0.293 e. The van der Waals surface area contributed by atoms with E-state index in [1.54, 1.807) is 20.8 Å². The van der Waals surface area contributed by atoms with Crippen molar-refractivity contribution in [2.24, 2.45) is 0 Å². The highest BCUT2D eigenvalue weighted by Crippen LogP contribution is 2.31. The zero-order valence-electron chi connectivity index (χ0n) is 15.3. The molecule has 0 unspecified atom stereocenters. The highest BCUT2D eigenvalue weighted by Gasteiger charge is 2.28. The van der Waals surface area contributed by atoms with Gasteiger partial charge in [-0.3, -0.25) is 15.0 Å². The third-order valence-corrected chi connectivity index (χ3v) is 5.78. The van der Waals surface area contributed by atoms with Gasteiger partial charge in [0.15, 0.2) is 0 Å². The second kappa shape index (κ2) is 7.87. The second-order valence-electron chi connectivity index (χ2n) is 7.32. The Labute approximate surface area is 153 Å². The van der Waals surface area contributed by atoms with E-state index in [4.69, 9.17) is 5.11 Å². The number of β-amino-alcohol motifs (C(OH)–C–C–N with tert-alkyl or cyclic N) is 1. The fraction of sp³-hybridized carbons (Fsp3) is 0.625. The smallest absolute Gasteiger partial charge is 0.293 e. The molecule has 0 bridgehead atoms. The summed E-state index contributed by atoms with van der Waals surface area (Å²) in [6.45, 7) is 8.30. The number of aliphatic hydroxyl groups is 1. The highest BCUT2D eigenvalue weighted by atomic mass is 32.2. The lowest BCUT2D eigenvalue weighted by atomic mass is 10.1. The maximum absolute atomic E-state index is 12.4. The van der Waals surface area contributed by atoms with E-state index in [1.807, 2.05) is 4.90 Å². The summed E-state index contributed by atoms with van der Waals surface area (Å²) in [4.78, 5) is 14.8. The lowest BCUT2D eigenvalue weighted by Gasteiger charge is -2.35. The third-order valence-electron chi connectivity index (χ3n) is 4.02. The monoisotopic (exact) mass is 386 g/mol. The third kappa shape index (κ3) is 5.13. The number of hydrogen-bond donors (Lipinski definition) is 2. The predicted molar refractivity (Wildman–Crippen MR) is 98.9 cm³/mol. The van der Waals surface area contributed by atoms with Gasteiger partial charge in [0.1, 0.15) is 5.69 Å². The average molecular weight is 386 g/mol. The van der Waals surface area contributed by atoms with Crippen molar-refractivity contribution in [1.82, 2.24) is 9.62 Å². The van der Waals surface area contributed by atoms with Gasteiger partial charge >= 0.3 is 0 Å². The fourth-order valence-electron chi connectivity index (χ4n) is 2.90. The number of hydrogen-bond acceptors (Lipinski definition) is 7. The van der Waals surface area contributed by atoms with E-state index in [2.05, 4.69) is 9.62 Å². The predicted octanol–water partition coefficient (Wildman–Crippen LogP) is 0.786. The van der Waals surface area contributed by atoms with E-state index in [0.717, 1.165) is 6.07 Å². The first kappa shape index (κ1) is 20.6. The van der Waals surface area contributed by atoms with Gasteiger partial charge in [0.05, 0.1) is 16.4 Å². The number of anilines is 1. The van der Waals surface area contributed by atoms with Gasteiger partial charge in [-0.15, -0.1) is 0 Å². The average Bonchev–Trinajstić information content (AvgIpc) is 2.53. The first-order valence-electron chi connectivity index (χ1n) is 8.44. The van der Waals surface area contributed by atoms with Gasteiger partial charge in [0.2, 0.25) is 10.0 Å². The minimum atomic E-state index is -3.85. The van der Waals surface area contributed by atoms with Crippen LogP contribution in [-0.4, -0.2) is 68.2 Å². The molecule has 1 aliphatic rings. The molecule has 1 aromatic rings. The Bertz CT molecular complexity index is 752. The first-order chi connectivity index (χ1) is 12.0. The van der Waals surface area contributed by atoms with Crippen LogP contribution in [0, 0.1) is 10.1 Å². The number of nitro groups is 1. The zero-order valence-corrected chi connectivity index (χ0v) is 16.1. The summed E-state index contributed by atoms with van der Waals surface area (Å²) in [6.07, 6.45) is 0. The van der Waals surface area contributed by atoms with Crippen LogP contribution in [0.3, 0.4) is 0 Å². The Morgan fingerprint density at radius 2 is 1.85 bits per heavy atom. The van der Waals surface area contributed by atoms with Gasteiger partial charge in [0, 0.05) is 44.3 Å². The number of piperazine rings is 1. The fourth-order valence-corrected chi connectivity index (χ4v) is 4.34. The van der Waals surface area contributed by atoms with E-state index in [1.165, 1.54) is 12.1 Å². The minimum absolute atomic E-state index is 0.0769. The van der Waals surface area contributed by atoms with E-state index in [-0.39, 0.29) is 17.2 Å². The van der Waals surface area contributed by atoms with E-state index in [9.17, 15) is 18.5 Å². The summed E-state index contributed by atoms with van der Waals surface area (Å²) < 4.78 is 27.4. The van der Waals surface area contributed by atoms with Crippen LogP contribution < -0.4 is 9.62 Å². The molecule has 1 saturated heterocycles. The summed E-state index contributed by atoms with van der Waals surface area (Å²) in [5, 5.41) is 20.5. The number of nitrogens with one attached hydrogen (secondary N) is 1. The molecule has 0 aromatic heterocycles. The molecule has 2 N–H and O–H groups in total. The van der Waals surface area contributed by atoms with Gasteiger partial charge in [0.25, 0.3) is 5.69 Å². The van der Waals surface area contributed by atoms with Crippen LogP contribution in [0.4, 0.5) is 11.4 Å². The summed E-state index contributed by atoms with van der Waals surface area (Å²) >= 11 is 0. The summed E-state index contributed by atoms with van der Waals surface area (Å²) in [7, 11) is -3.85. The molecule has 1 heterocycles. The van der Waals surface area contributed by atoms with E-state index < -0.39 is 20.5 Å². The van der Waals surface area contributed by atoms with Crippen molar-refractivity contribution >= 4 is 21.4 Å². The van der Waals surface area contributed by atoms with Crippen LogP contribution >= 0.6 is 0 Å². The lowest BCUT2D eigenvalue weighted by Crippen LogP contribution is -2.47. The Hall–Kier alpha value is -1.75. The molecule has 9 nitrogen and oxygen atoms in total. The topological polar surface area (TPSA) is 116 Å². The molecule has 0 atom stereocenters. The Balaban J connectivity index is 2.29. The van der Waals surface area contributed by atoms with Crippen molar-refractivity contribution < 1.29 is 18.4 Å². The molecule has 146 valence electrons. The Morgan fingerprint density at radius 3 is 2.35 bits per heavy atom. The molecule has 1 aliphatic heterocycles. The summed E-state index contributed by atoms with van der Waals surface area (Å²) in [5.74, 6) is 0. The molecule has 0 radical (unpaired) electrons. The van der Waals surface area contributed by atoms with Gasteiger partial charge in [-0.25, -0.2) is 13.1 Å². The van der Waals surface area contributed by atoms with Crippen molar-refractivity contribution in [3.8, 4) is 0 Å². The summed E-state index contributed by atoms with van der Waals surface area (Å²) in [6, 6.07) is 4.01. The minimum Gasteiger partial charge on any atom is -0.395 e. The molecule has 0 spiro atoms. The molecular weight excluding hydrogens is 360 g/mol. The second-order valence-corrected chi connectivity index (χ2v) is 9.00. The number of benzene rings is 1. The molecule has 1 fully saturated rings. The largest absolute Gasteiger partial charge is 0.395 e. The molecule has 1 aromatic carbocycles. The van der Waals surface area contributed by atoms with Gasteiger partial charge in [-0.2, -0.15) is 0 Å². The van der Waals surface area contributed by atoms with E-state index in [0.29, 0.717) is 38.4 Å². The van der Waals surface area contributed by atoms with Gasteiger partial charge in [-0.1, -0.05) is 0 Å². The van der Waals surface area contributed by atoms with Crippen LogP contribution in [0.5, 0.6) is 0 Å². The van der Waals surface area contributed by atoms with Crippen molar-refractivity contribution in [2.75, 3.05) is 44.2 Å². The van der Waals surface area contributed by atoms with Gasteiger partial charge in [-0.05, 0) is 32.9 Å². The molecule has 26 heavy (non-hydrogen) atoms. The number of aliphatic hydroxyl groups excluding tert-OH is 1. The molecule has 10 heteroatoms. The maximum atomic E-state index is 12.4. The van der Waals surface area contributed by atoms with Crippen molar-refractivity contribution in [3.63, 3.8) is 0 Å². The number of rotatable bonds is 6. The van der Waals surface area contributed by atoms with Crippen molar-refractivity contribution in [1.29, 1.82) is 0 Å². The number of nitrogens with zero attached hydrogens (tertiary/aromatic N) is 3. The van der Waals surface area contributed by atoms with Crippen molar-refractivity contribution in [3.05, 3.63) is 28.3 Å². The van der Waals surface area contributed by atoms with Gasteiger partial charge < -0.3 is 10.0 Å². The number of nitro benzene ring substituents is 1. The van der Waals surface area contributed by atoms with E-state index >= 15 is 0 Å². The normalized spacial score (nSPS) is 16.7. The van der Waals surface area contributed by atoms with Crippen LogP contribution in [0.25, 0.3) is 0 Å². The molecule has 0 saturated carbocycles. The molecular formula is C16H26N4O5S. The zero-order chi connectivity index (χ0) is 19.5. The summed E-state index contributed by atoms with van der Waals surface area (Å²) in [5.41, 5.74) is -0.499. The van der Waals surface area contributed by atoms with Crippen molar-refractivity contribution in [2.45, 2.75) is 31.2 Å². The lowest BCUT2D eigenvalue weighted by molar-refractivity contribution is -0.384. The molecule has 0 amide bonds. The molecule has 2 rings (SSSR count).